The van der Waals surface area contributed by atoms with Crippen LogP contribution in [0, 0.1) is 5.82 Å². The Kier molecular flexibility index (Phi) is 3.61. The van der Waals surface area contributed by atoms with Crippen molar-refractivity contribution < 1.29 is 17.9 Å². The van der Waals surface area contributed by atoms with E-state index < -0.39 is 15.8 Å². The quantitative estimate of drug-likeness (QED) is 0.622. The molecular formula is C8H11FN2O3S. The van der Waals surface area contributed by atoms with E-state index in [9.17, 15) is 12.8 Å². The van der Waals surface area contributed by atoms with Crippen LogP contribution in [-0.2, 0) is 10.0 Å². The monoisotopic (exact) mass is 234 g/mol. The molecule has 0 atom stereocenters. The fourth-order valence-electron chi connectivity index (χ4n) is 1.02. The number of aliphatic hydroxyl groups is 1. The molecule has 0 saturated heterocycles. The van der Waals surface area contributed by atoms with Crippen molar-refractivity contribution in [2.75, 3.05) is 18.9 Å². The maximum Gasteiger partial charge on any atom is 0.242 e. The first-order chi connectivity index (χ1) is 6.97. The van der Waals surface area contributed by atoms with Crippen molar-refractivity contribution >= 4 is 15.7 Å². The number of halogens is 1. The third-order valence-electron chi connectivity index (χ3n) is 1.67. The van der Waals surface area contributed by atoms with Gasteiger partial charge in [0.25, 0.3) is 0 Å². The Labute approximate surface area is 86.8 Å². The highest BCUT2D eigenvalue weighted by Gasteiger charge is 2.16. The minimum Gasteiger partial charge on any atom is -0.398 e. The lowest BCUT2D eigenvalue weighted by atomic mass is 10.3. The Morgan fingerprint density at radius 3 is 2.67 bits per heavy atom. The second-order valence-electron chi connectivity index (χ2n) is 2.80. The van der Waals surface area contributed by atoms with Crippen LogP contribution in [-0.4, -0.2) is 26.7 Å². The van der Waals surface area contributed by atoms with Gasteiger partial charge >= 0.3 is 0 Å². The summed E-state index contributed by atoms with van der Waals surface area (Å²) in [5, 5.41) is 8.47. The molecule has 7 heteroatoms. The molecule has 0 aliphatic heterocycles. The van der Waals surface area contributed by atoms with Crippen LogP contribution in [0.25, 0.3) is 0 Å². The highest BCUT2D eigenvalue weighted by Crippen LogP contribution is 2.18. The van der Waals surface area contributed by atoms with Crippen LogP contribution in [0.2, 0.25) is 0 Å². The van der Waals surface area contributed by atoms with E-state index in [1.54, 1.807) is 0 Å². The lowest BCUT2D eigenvalue weighted by molar-refractivity contribution is 0.301. The molecular weight excluding hydrogens is 223 g/mol. The average Bonchev–Trinajstić information content (AvgIpc) is 2.14. The van der Waals surface area contributed by atoms with Gasteiger partial charge < -0.3 is 10.8 Å². The normalized spacial score (nSPS) is 11.6. The van der Waals surface area contributed by atoms with Gasteiger partial charge in [-0.3, -0.25) is 0 Å². The van der Waals surface area contributed by atoms with Crippen LogP contribution in [0.5, 0.6) is 0 Å². The maximum atomic E-state index is 12.7. The van der Waals surface area contributed by atoms with Crippen molar-refractivity contribution in [3.8, 4) is 0 Å². The van der Waals surface area contributed by atoms with Gasteiger partial charge in [0.05, 0.1) is 12.3 Å². The van der Waals surface area contributed by atoms with Gasteiger partial charge in [-0.2, -0.15) is 0 Å². The minimum atomic E-state index is -3.77. The summed E-state index contributed by atoms with van der Waals surface area (Å²) >= 11 is 0. The molecule has 0 aliphatic rings. The fourth-order valence-corrected chi connectivity index (χ4v) is 2.15. The summed E-state index contributed by atoms with van der Waals surface area (Å²) in [4.78, 5) is -0.197. The highest BCUT2D eigenvalue weighted by molar-refractivity contribution is 7.89. The third-order valence-corrected chi connectivity index (χ3v) is 3.20. The van der Waals surface area contributed by atoms with E-state index >= 15 is 0 Å². The molecule has 15 heavy (non-hydrogen) atoms. The summed E-state index contributed by atoms with van der Waals surface area (Å²) in [6, 6.07) is 3.00. The first-order valence-electron chi connectivity index (χ1n) is 4.13. The molecule has 0 spiro atoms. The standard InChI is InChI=1S/C8H11FN2O3S/c9-6-1-2-8(7(10)5-6)15(13,14)11-3-4-12/h1-2,5,11-12H,3-4,10H2. The summed E-state index contributed by atoms with van der Waals surface area (Å²) in [6.07, 6.45) is 0. The second kappa shape index (κ2) is 4.56. The molecule has 0 radical (unpaired) electrons. The molecule has 1 aromatic rings. The summed E-state index contributed by atoms with van der Waals surface area (Å²) in [5.74, 6) is -0.603. The molecule has 0 unspecified atom stereocenters. The third kappa shape index (κ3) is 2.88. The van der Waals surface area contributed by atoms with Gasteiger partial charge in [0, 0.05) is 6.54 Å². The van der Waals surface area contributed by atoms with Gasteiger partial charge in [-0.15, -0.1) is 0 Å². The Morgan fingerprint density at radius 2 is 2.13 bits per heavy atom. The van der Waals surface area contributed by atoms with E-state index in [0.717, 1.165) is 18.2 Å². The molecule has 84 valence electrons. The van der Waals surface area contributed by atoms with Crippen molar-refractivity contribution in [2.24, 2.45) is 0 Å². The van der Waals surface area contributed by atoms with Crippen molar-refractivity contribution in [2.45, 2.75) is 4.90 Å². The topological polar surface area (TPSA) is 92.4 Å². The van der Waals surface area contributed by atoms with Crippen molar-refractivity contribution in [1.82, 2.24) is 4.72 Å². The lowest BCUT2D eigenvalue weighted by Gasteiger charge is -2.07. The van der Waals surface area contributed by atoms with Crippen LogP contribution in [0.4, 0.5) is 10.1 Å². The number of benzene rings is 1. The Hall–Kier alpha value is -1.18. The minimum absolute atomic E-state index is 0.112. The van der Waals surface area contributed by atoms with Crippen LogP contribution < -0.4 is 10.5 Å². The predicted octanol–water partition coefficient (Wildman–Crippen LogP) is -0.322. The van der Waals surface area contributed by atoms with Gasteiger partial charge in [0.15, 0.2) is 0 Å². The number of nitrogen functional groups attached to an aromatic ring is 1. The van der Waals surface area contributed by atoms with Crippen LogP contribution >= 0.6 is 0 Å². The molecule has 4 N–H and O–H groups in total. The molecule has 5 nitrogen and oxygen atoms in total. The van der Waals surface area contributed by atoms with Crippen LogP contribution in [0.15, 0.2) is 23.1 Å². The molecule has 0 bridgehead atoms. The molecule has 1 aromatic carbocycles. The molecule has 0 fully saturated rings. The average molecular weight is 234 g/mol. The van der Waals surface area contributed by atoms with Crippen molar-refractivity contribution in [3.05, 3.63) is 24.0 Å². The lowest BCUT2D eigenvalue weighted by Crippen LogP contribution is -2.27. The summed E-state index contributed by atoms with van der Waals surface area (Å²) in [7, 11) is -3.77. The molecule has 0 heterocycles. The first kappa shape index (κ1) is 11.9. The fraction of sp³-hybridized carbons (Fsp3) is 0.250. The van der Waals surface area contributed by atoms with E-state index in [0.29, 0.717) is 0 Å². The van der Waals surface area contributed by atoms with E-state index in [1.807, 2.05) is 0 Å². The number of aliphatic hydroxyl groups excluding tert-OH is 1. The largest absolute Gasteiger partial charge is 0.398 e. The van der Waals surface area contributed by atoms with Gasteiger partial charge in [0.2, 0.25) is 10.0 Å². The number of hydrogen-bond donors (Lipinski definition) is 3. The zero-order valence-corrected chi connectivity index (χ0v) is 8.59. The van der Waals surface area contributed by atoms with E-state index in [-0.39, 0.29) is 23.7 Å². The molecule has 0 saturated carbocycles. The smallest absolute Gasteiger partial charge is 0.242 e. The van der Waals surface area contributed by atoms with E-state index in [2.05, 4.69) is 4.72 Å². The number of rotatable bonds is 4. The molecule has 1 rings (SSSR count). The van der Waals surface area contributed by atoms with Crippen LogP contribution in [0.1, 0.15) is 0 Å². The molecule has 0 aromatic heterocycles. The van der Waals surface area contributed by atoms with Gasteiger partial charge in [0.1, 0.15) is 10.7 Å². The van der Waals surface area contributed by atoms with Crippen LogP contribution in [0.3, 0.4) is 0 Å². The van der Waals surface area contributed by atoms with Gasteiger partial charge in [-0.25, -0.2) is 17.5 Å². The summed E-state index contributed by atoms with van der Waals surface area (Å²) in [6.45, 7) is -0.431. The van der Waals surface area contributed by atoms with Crippen molar-refractivity contribution in [3.63, 3.8) is 0 Å². The van der Waals surface area contributed by atoms with E-state index in [1.165, 1.54) is 0 Å². The Bertz CT molecular complexity index is 447. The molecule has 0 aliphatic carbocycles. The number of sulfonamides is 1. The Balaban J connectivity index is 3.05. The first-order valence-corrected chi connectivity index (χ1v) is 5.61. The number of anilines is 1. The van der Waals surface area contributed by atoms with Crippen molar-refractivity contribution in [1.29, 1.82) is 0 Å². The second-order valence-corrected chi connectivity index (χ2v) is 4.54. The highest BCUT2D eigenvalue weighted by atomic mass is 32.2. The zero-order chi connectivity index (χ0) is 11.5. The zero-order valence-electron chi connectivity index (χ0n) is 7.77. The number of hydrogen-bond acceptors (Lipinski definition) is 4. The predicted molar refractivity (Wildman–Crippen MR) is 53.1 cm³/mol. The SMILES string of the molecule is Nc1cc(F)ccc1S(=O)(=O)NCCO. The van der Waals surface area contributed by atoms with E-state index in [4.69, 9.17) is 10.8 Å². The molecule has 0 amide bonds. The number of nitrogens with one attached hydrogen (secondary N) is 1. The number of nitrogens with two attached hydrogens (primary N) is 1. The maximum absolute atomic E-state index is 12.7. The summed E-state index contributed by atoms with van der Waals surface area (Å²) in [5.41, 5.74) is 5.19. The van der Waals surface area contributed by atoms with Gasteiger partial charge in [-0.1, -0.05) is 0 Å². The Morgan fingerprint density at radius 1 is 1.47 bits per heavy atom. The summed E-state index contributed by atoms with van der Waals surface area (Å²) < 4.78 is 37.8. The van der Waals surface area contributed by atoms with Gasteiger partial charge in [-0.05, 0) is 18.2 Å².